The van der Waals surface area contributed by atoms with E-state index in [1.807, 2.05) is 0 Å². The molecule has 0 spiro atoms. The van der Waals surface area contributed by atoms with Gasteiger partial charge in [-0.2, -0.15) is 0 Å². The summed E-state index contributed by atoms with van der Waals surface area (Å²) in [4.78, 5) is 1.71. The second-order valence-electron chi connectivity index (χ2n) is 3.06. The predicted octanol–water partition coefficient (Wildman–Crippen LogP) is -2.43. The maximum Gasteiger partial charge on any atom is 0.0794 e. The van der Waals surface area contributed by atoms with Crippen LogP contribution in [0.1, 0.15) is 27.7 Å². The van der Waals surface area contributed by atoms with Gasteiger partial charge in [0.15, 0.2) is 0 Å². The minimum Gasteiger partial charge on any atom is -1.00 e. The van der Waals surface area contributed by atoms with Gasteiger partial charge in [0.1, 0.15) is 0 Å². The Morgan fingerprint density at radius 1 is 1.10 bits per heavy atom. The Hall–Kier alpha value is 0.250. The van der Waals surface area contributed by atoms with Gasteiger partial charge in [0.05, 0.1) is 19.6 Å². The van der Waals surface area contributed by atoms with Crippen LogP contribution in [0, 0.1) is 5.92 Å². The minimum atomic E-state index is 0. The van der Waals surface area contributed by atoms with Crippen LogP contribution in [0.4, 0.5) is 0 Å². The highest BCUT2D eigenvalue weighted by Gasteiger charge is 2.03. The average Bonchev–Trinajstić information content (AvgIpc) is 1.82. The zero-order valence-corrected chi connectivity index (χ0v) is 8.33. The van der Waals surface area contributed by atoms with Crippen molar-refractivity contribution in [1.82, 2.24) is 0 Å². The fraction of sp³-hybridized carbons (Fsp3) is 1.00. The molecule has 0 aliphatic heterocycles. The molecular weight excluding hydrogens is 146 g/mol. The summed E-state index contributed by atoms with van der Waals surface area (Å²) < 4.78 is 0. The van der Waals surface area contributed by atoms with Gasteiger partial charge < -0.3 is 17.3 Å². The fourth-order valence-corrected chi connectivity index (χ4v) is 1.12. The molecule has 0 aromatic carbocycles. The first-order chi connectivity index (χ1) is 4.20. The van der Waals surface area contributed by atoms with E-state index in [1.54, 1.807) is 4.90 Å². The van der Waals surface area contributed by atoms with Crippen LogP contribution in [0.25, 0.3) is 0 Å². The first kappa shape index (κ1) is 12.9. The molecule has 10 heavy (non-hydrogen) atoms. The average molecular weight is 166 g/mol. The standard InChI is InChI=1S/C8H19N.ClH/c1-5-9(6-2)7-8(3)4;/h8H,5-7H2,1-4H3;1H. The van der Waals surface area contributed by atoms with Gasteiger partial charge in [-0.3, -0.25) is 0 Å². The molecule has 0 heterocycles. The van der Waals surface area contributed by atoms with E-state index in [2.05, 4.69) is 27.7 Å². The monoisotopic (exact) mass is 165 g/mol. The zero-order valence-electron chi connectivity index (χ0n) is 7.58. The van der Waals surface area contributed by atoms with Gasteiger partial charge in [-0.25, -0.2) is 0 Å². The molecular formula is C8H20ClN. The van der Waals surface area contributed by atoms with E-state index < -0.39 is 0 Å². The third-order valence-electron chi connectivity index (χ3n) is 1.70. The molecule has 0 saturated carbocycles. The second-order valence-corrected chi connectivity index (χ2v) is 3.06. The van der Waals surface area contributed by atoms with E-state index >= 15 is 0 Å². The van der Waals surface area contributed by atoms with Crippen LogP contribution in [-0.4, -0.2) is 19.6 Å². The lowest BCUT2D eigenvalue weighted by Gasteiger charge is -2.16. The molecule has 0 aromatic heterocycles. The van der Waals surface area contributed by atoms with Crippen LogP contribution in [0.15, 0.2) is 0 Å². The van der Waals surface area contributed by atoms with E-state index in [0.717, 1.165) is 5.92 Å². The van der Waals surface area contributed by atoms with Gasteiger partial charge in [0, 0.05) is 5.92 Å². The van der Waals surface area contributed by atoms with Crippen LogP contribution in [-0.2, 0) is 0 Å². The molecule has 1 N–H and O–H groups in total. The molecule has 0 rings (SSSR count). The van der Waals surface area contributed by atoms with E-state index in [0.29, 0.717) is 0 Å². The van der Waals surface area contributed by atoms with Crippen molar-refractivity contribution in [1.29, 1.82) is 0 Å². The van der Waals surface area contributed by atoms with E-state index in [1.165, 1.54) is 19.6 Å². The van der Waals surface area contributed by atoms with Crippen molar-refractivity contribution >= 4 is 0 Å². The molecule has 0 aromatic rings. The summed E-state index contributed by atoms with van der Waals surface area (Å²) in [5.41, 5.74) is 0. The number of halogens is 1. The predicted molar refractivity (Wildman–Crippen MR) is 41.7 cm³/mol. The van der Waals surface area contributed by atoms with E-state index in [9.17, 15) is 0 Å². The molecule has 0 unspecified atom stereocenters. The molecule has 64 valence electrons. The molecule has 0 radical (unpaired) electrons. The number of hydrogen-bond donors (Lipinski definition) is 1. The lowest BCUT2D eigenvalue weighted by atomic mass is 10.2. The van der Waals surface area contributed by atoms with Crippen molar-refractivity contribution in [3.8, 4) is 0 Å². The molecule has 0 atom stereocenters. The summed E-state index contributed by atoms with van der Waals surface area (Å²) in [5.74, 6) is 0.847. The minimum absolute atomic E-state index is 0. The largest absolute Gasteiger partial charge is 1.00 e. The number of nitrogens with one attached hydrogen (secondary N) is 1. The quantitative estimate of drug-likeness (QED) is 0.473. The SMILES string of the molecule is CC[NH+](CC)CC(C)C.[Cl-]. The molecule has 0 bridgehead atoms. The highest BCUT2D eigenvalue weighted by atomic mass is 35.5. The van der Waals surface area contributed by atoms with E-state index in [4.69, 9.17) is 0 Å². The summed E-state index contributed by atoms with van der Waals surface area (Å²) in [6.07, 6.45) is 0. The van der Waals surface area contributed by atoms with Gasteiger partial charge in [-0.15, -0.1) is 0 Å². The summed E-state index contributed by atoms with van der Waals surface area (Å²) in [5, 5.41) is 0. The van der Waals surface area contributed by atoms with Gasteiger partial charge in [-0.05, 0) is 13.8 Å². The molecule has 0 aliphatic carbocycles. The molecule has 0 fully saturated rings. The first-order valence-corrected chi connectivity index (χ1v) is 4.04. The highest BCUT2D eigenvalue weighted by molar-refractivity contribution is 4.36. The van der Waals surface area contributed by atoms with Crippen LogP contribution >= 0.6 is 0 Å². The smallest absolute Gasteiger partial charge is 0.0794 e. The topological polar surface area (TPSA) is 4.44 Å². The molecule has 1 nitrogen and oxygen atoms in total. The van der Waals surface area contributed by atoms with Gasteiger partial charge in [0.2, 0.25) is 0 Å². The third-order valence-corrected chi connectivity index (χ3v) is 1.70. The van der Waals surface area contributed by atoms with Crippen molar-refractivity contribution in [3.05, 3.63) is 0 Å². The van der Waals surface area contributed by atoms with Crippen molar-refractivity contribution in [2.75, 3.05) is 19.6 Å². The highest BCUT2D eigenvalue weighted by Crippen LogP contribution is 1.82. The summed E-state index contributed by atoms with van der Waals surface area (Å²) in [6.45, 7) is 12.9. The lowest BCUT2D eigenvalue weighted by Crippen LogP contribution is -3.11. The molecule has 2 heteroatoms. The third kappa shape index (κ3) is 6.37. The summed E-state index contributed by atoms with van der Waals surface area (Å²) in [6, 6.07) is 0. The van der Waals surface area contributed by atoms with Crippen LogP contribution < -0.4 is 17.3 Å². The van der Waals surface area contributed by atoms with Crippen LogP contribution in [0.2, 0.25) is 0 Å². The van der Waals surface area contributed by atoms with Gasteiger partial charge >= 0.3 is 0 Å². The Bertz CT molecular complexity index is 60.3. The summed E-state index contributed by atoms with van der Waals surface area (Å²) in [7, 11) is 0. The maximum absolute atomic E-state index is 2.28. The normalized spacial score (nSPS) is 10.2. The van der Waals surface area contributed by atoms with Crippen molar-refractivity contribution in [3.63, 3.8) is 0 Å². The first-order valence-electron chi connectivity index (χ1n) is 4.04. The lowest BCUT2D eigenvalue weighted by molar-refractivity contribution is -0.899. The van der Waals surface area contributed by atoms with Crippen molar-refractivity contribution in [2.45, 2.75) is 27.7 Å². The molecule has 0 aliphatic rings. The maximum atomic E-state index is 2.28. The van der Waals surface area contributed by atoms with Crippen LogP contribution in [0.3, 0.4) is 0 Å². The number of quaternary nitrogens is 1. The Kier molecular flexibility index (Phi) is 9.48. The van der Waals surface area contributed by atoms with E-state index in [-0.39, 0.29) is 12.4 Å². The molecule has 0 saturated heterocycles. The Morgan fingerprint density at radius 3 is 1.60 bits per heavy atom. The zero-order chi connectivity index (χ0) is 7.28. The Morgan fingerprint density at radius 2 is 1.50 bits per heavy atom. The Balaban J connectivity index is 0. The molecule has 0 amide bonds. The van der Waals surface area contributed by atoms with Crippen LogP contribution in [0.5, 0.6) is 0 Å². The Labute approximate surface area is 71.2 Å². The van der Waals surface area contributed by atoms with Gasteiger partial charge in [0.25, 0.3) is 0 Å². The number of hydrogen-bond acceptors (Lipinski definition) is 0. The fourth-order valence-electron chi connectivity index (χ4n) is 1.12. The second kappa shape index (κ2) is 7.36. The van der Waals surface area contributed by atoms with Gasteiger partial charge in [-0.1, -0.05) is 13.8 Å². The van der Waals surface area contributed by atoms with Crippen molar-refractivity contribution < 1.29 is 17.3 Å². The summed E-state index contributed by atoms with van der Waals surface area (Å²) >= 11 is 0. The van der Waals surface area contributed by atoms with Crippen molar-refractivity contribution in [2.24, 2.45) is 5.92 Å². The number of rotatable bonds is 4.